The molecule has 1 heterocycles. The van der Waals surface area contributed by atoms with Gasteiger partial charge in [0.2, 0.25) is 0 Å². The van der Waals surface area contributed by atoms with Crippen molar-refractivity contribution in [2.45, 2.75) is 26.2 Å². The number of rotatable bonds is 3. The second-order valence-corrected chi connectivity index (χ2v) is 5.21. The Morgan fingerprint density at radius 1 is 1.56 bits per heavy atom. The molecule has 0 aliphatic carbocycles. The Bertz CT molecular complexity index is 390. The highest BCUT2D eigenvalue weighted by atomic mass is 35.5. The molecule has 16 heavy (non-hydrogen) atoms. The molecule has 2 nitrogen and oxygen atoms in total. The van der Waals surface area contributed by atoms with E-state index in [4.69, 9.17) is 17.3 Å². The number of nitrogens with one attached hydrogen (secondary N) is 1. The second-order valence-electron chi connectivity index (χ2n) is 4.81. The molecule has 1 aliphatic heterocycles. The Labute approximate surface area is 102 Å². The summed E-state index contributed by atoms with van der Waals surface area (Å²) in [5.74, 6) is 1.07. The number of benzene rings is 1. The van der Waals surface area contributed by atoms with Crippen molar-refractivity contribution in [2.75, 3.05) is 18.4 Å². The normalized spacial score (nSPS) is 20.4. The average molecular weight is 239 g/mol. The van der Waals surface area contributed by atoms with Gasteiger partial charge in [0.1, 0.15) is 0 Å². The summed E-state index contributed by atoms with van der Waals surface area (Å²) in [4.78, 5) is 0. The monoisotopic (exact) mass is 238 g/mol. The molecule has 0 spiro atoms. The molecule has 0 saturated carbocycles. The van der Waals surface area contributed by atoms with Crippen LogP contribution in [0.4, 0.5) is 5.69 Å². The molecule has 0 amide bonds. The van der Waals surface area contributed by atoms with Crippen molar-refractivity contribution in [3.05, 3.63) is 28.3 Å². The molecule has 1 aromatic rings. The summed E-state index contributed by atoms with van der Waals surface area (Å²) in [6.07, 6.45) is 1.11. The minimum absolute atomic E-state index is 0.515. The van der Waals surface area contributed by atoms with Gasteiger partial charge in [-0.25, -0.2) is 0 Å². The molecule has 3 N–H and O–H groups in total. The van der Waals surface area contributed by atoms with Crippen LogP contribution in [0.5, 0.6) is 0 Å². The molecule has 0 saturated heterocycles. The van der Waals surface area contributed by atoms with Crippen LogP contribution in [0.15, 0.2) is 12.1 Å². The number of aryl methyl sites for hydroxylation is 1. The highest BCUT2D eigenvalue weighted by molar-refractivity contribution is 6.32. The fourth-order valence-corrected chi connectivity index (χ4v) is 2.76. The summed E-state index contributed by atoms with van der Waals surface area (Å²) in [5, 5.41) is 4.35. The van der Waals surface area contributed by atoms with E-state index in [0.717, 1.165) is 24.5 Å². The van der Waals surface area contributed by atoms with Gasteiger partial charge in [-0.15, -0.1) is 0 Å². The Balaban J connectivity index is 2.28. The third kappa shape index (κ3) is 2.04. The highest BCUT2D eigenvalue weighted by Crippen LogP contribution is 2.41. The fourth-order valence-electron chi connectivity index (χ4n) is 2.45. The average Bonchev–Trinajstić information content (AvgIpc) is 2.68. The summed E-state index contributed by atoms with van der Waals surface area (Å²) in [6, 6.07) is 4.08. The smallest absolute Gasteiger partial charge is 0.0462 e. The van der Waals surface area contributed by atoms with E-state index in [1.54, 1.807) is 0 Å². The summed E-state index contributed by atoms with van der Waals surface area (Å²) in [6.45, 7) is 6.05. The lowest BCUT2D eigenvalue weighted by Crippen LogP contribution is -2.15. The molecule has 2 unspecified atom stereocenters. The molecule has 88 valence electrons. The molecule has 0 fully saturated rings. The molecule has 2 rings (SSSR count). The van der Waals surface area contributed by atoms with Gasteiger partial charge < -0.3 is 11.1 Å². The first-order valence-electron chi connectivity index (χ1n) is 5.86. The van der Waals surface area contributed by atoms with Crippen LogP contribution in [-0.4, -0.2) is 13.1 Å². The quantitative estimate of drug-likeness (QED) is 0.849. The largest absolute Gasteiger partial charge is 0.384 e. The minimum atomic E-state index is 0.515. The van der Waals surface area contributed by atoms with E-state index in [2.05, 4.69) is 25.2 Å². The van der Waals surface area contributed by atoms with E-state index in [1.165, 1.54) is 16.8 Å². The van der Waals surface area contributed by atoms with Crippen molar-refractivity contribution in [1.29, 1.82) is 0 Å². The van der Waals surface area contributed by atoms with Gasteiger partial charge in [-0.05, 0) is 43.0 Å². The predicted octanol–water partition coefficient (Wildman–Crippen LogP) is 3.14. The summed E-state index contributed by atoms with van der Waals surface area (Å²) >= 11 is 6.29. The van der Waals surface area contributed by atoms with E-state index >= 15 is 0 Å². The first-order chi connectivity index (χ1) is 7.63. The van der Waals surface area contributed by atoms with Crippen LogP contribution >= 0.6 is 11.6 Å². The van der Waals surface area contributed by atoms with Crippen LogP contribution in [0.3, 0.4) is 0 Å². The molecule has 1 aromatic carbocycles. The second kappa shape index (κ2) is 4.64. The highest BCUT2D eigenvalue weighted by Gasteiger charge is 2.26. The number of anilines is 1. The van der Waals surface area contributed by atoms with Crippen molar-refractivity contribution in [3.8, 4) is 0 Å². The zero-order valence-electron chi connectivity index (χ0n) is 9.89. The SMILES string of the molecule is Cc1ccc(Cl)c2c1NCC2CC(C)CN. The van der Waals surface area contributed by atoms with Crippen LogP contribution < -0.4 is 11.1 Å². The van der Waals surface area contributed by atoms with Gasteiger partial charge in [0.15, 0.2) is 0 Å². The lowest BCUT2D eigenvalue weighted by atomic mass is 9.90. The van der Waals surface area contributed by atoms with Crippen LogP contribution in [0.1, 0.15) is 30.4 Å². The summed E-state index contributed by atoms with van der Waals surface area (Å²) in [5.41, 5.74) is 9.50. The van der Waals surface area contributed by atoms with Crippen LogP contribution in [0, 0.1) is 12.8 Å². The van der Waals surface area contributed by atoms with Gasteiger partial charge in [-0.2, -0.15) is 0 Å². The van der Waals surface area contributed by atoms with Crippen LogP contribution in [0.2, 0.25) is 5.02 Å². The van der Waals surface area contributed by atoms with Crippen molar-refractivity contribution in [3.63, 3.8) is 0 Å². The molecule has 0 bridgehead atoms. The van der Waals surface area contributed by atoms with Crippen LogP contribution in [0.25, 0.3) is 0 Å². The van der Waals surface area contributed by atoms with Gasteiger partial charge in [0.25, 0.3) is 0 Å². The Morgan fingerprint density at radius 2 is 2.31 bits per heavy atom. The van der Waals surface area contributed by atoms with E-state index in [-0.39, 0.29) is 0 Å². The number of hydrogen-bond acceptors (Lipinski definition) is 2. The van der Waals surface area contributed by atoms with E-state index in [0.29, 0.717) is 11.8 Å². The molecular formula is C13H19ClN2. The van der Waals surface area contributed by atoms with Gasteiger partial charge >= 0.3 is 0 Å². The Kier molecular flexibility index (Phi) is 3.41. The topological polar surface area (TPSA) is 38.0 Å². The van der Waals surface area contributed by atoms with Gasteiger partial charge in [-0.1, -0.05) is 24.6 Å². The minimum Gasteiger partial charge on any atom is -0.384 e. The van der Waals surface area contributed by atoms with Crippen molar-refractivity contribution in [2.24, 2.45) is 11.7 Å². The molecule has 0 radical (unpaired) electrons. The lowest BCUT2D eigenvalue weighted by Gasteiger charge is -2.16. The van der Waals surface area contributed by atoms with E-state index in [9.17, 15) is 0 Å². The predicted molar refractivity (Wildman–Crippen MR) is 70.3 cm³/mol. The molecule has 0 aromatic heterocycles. The van der Waals surface area contributed by atoms with Gasteiger partial charge in [0, 0.05) is 23.2 Å². The van der Waals surface area contributed by atoms with E-state index in [1.807, 2.05) is 6.07 Å². The third-order valence-corrected chi connectivity index (χ3v) is 3.75. The van der Waals surface area contributed by atoms with E-state index < -0.39 is 0 Å². The number of fused-ring (bicyclic) bond motifs is 1. The maximum atomic E-state index is 6.29. The molecular weight excluding hydrogens is 220 g/mol. The maximum absolute atomic E-state index is 6.29. The maximum Gasteiger partial charge on any atom is 0.0462 e. The first kappa shape index (κ1) is 11.7. The van der Waals surface area contributed by atoms with Crippen LogP contribution in [-0.2, 0) is 0 Å². The standard InChI is InChI=1S/C13H19ClN2/c1-8(6-15)5-10-7-16-13-9(2)3-4-11(14)12(10)13/h3-4,8,10,16H,5-7,15H2,1-2H3. The van der Waals surface area contributed by atoms with Crippen molar-refractivity contribution >= 4 is 17.3 Å². The molecule has 3 heteroatoms. The zero-order valence-corrected chi connectivity index (χ0v) is 10.6. The lowest BCUT2D eigenvalue weighted by molar-refractivity contribution is 0.493. The summed E-state index contributed by atoms with van der Waals surface area (Å²) < 4.78 is 0. The Morgan fingerprint density at radius 3 is 3.00 bits per heavy atom. The first-order valence-corrected chi connectivity index (χ1v) is 6.24. The van der Waals surface area contributed by atoms with Gasteiger partial charge in [-0.3, -0.25) is 0 Å². The molecule has 1 aliphatic rings. The third-order valence-electron chi connectivity index (χ3n) is 3.42. The summed E-state index contributed by atoms with van der Waals surface area (Å²) in [7, 11) is 0. The Hall–Kier alpha value is -0.730. The van der Waals surface area contributed by atoms with Crippen molar-refractivity contribution < 1.29 is 0 Å². The fraction of sp³-hybridized carbons (Fsp3) is 0.538. The van der Waals surface area contributed by atoms with Crippen molar-refractivity contribution in [1.82, 2.24) is 0 Å². The van der Waals surface area contributed by atoms with Gasteiger partial charge in [0.05, 0.1) is 0 Å². The zero-order chi connectivity index (χ0) is 11.7. The molecule has 2 atom stereocenters. The number of hydrogen-bond donors (Lipinski definition) is 2. The number of nitrogens with two attached hydrogens (primary N) is 1. The number of halogens is 1.